The summed E-state index contributed by atoms with van der Waals surface area (Å²) in [5.74, 6) is 0.310. The summed E-state index contributed by atoms with van der Waals surface area (Å²) < 4.78 is 4.65. The van der Waals surface area contributed by atoms with Crippen molar-refractivity contribution in [3.8, 4) is 0 Å². The van der Waals surface area contributed by atoms with Crippen LogP contribution < -0.4 is 15.2 Å². The first-order chi connectivity index (χ1) is 18.8. The highest BCUT2D eigenvalue weighted by molar-refractivity contribution is 5.92. The van der Waals surface area contributed by atoms with E-state index < -0.39 is 0 Å². The molecule has 0 aliphatic carbocycles. The van der Waals surface area contributed by atoms with Gasteiger partial charge in [0, 0.05) is 61.2 Å². The zero-order chi connectivity index (χ0) is 28.5. The lowest BCUT2D eigenvalue weighted by Crippen LogP contribution is -2.33. The second-order valence-electron chi connectivity index (χ2n) is 11.2. The van der Waals surface area contributed by atoms with E-state index in [4.69, 9.17) is 0 Å². The Bertz CT molecular complexity index is 1010. The summed E-state index contributed by atoms with van der Waals surface area (Å²) in [6.07, 6.45) is 21.7. The zero-order valence-corrected chi connectivity index (χ0v) is 24.8. The van der Waals surface area contributed by atoms with Crippen LogP contribution in [0.4, 0.5) is 0 Å². The van der Waals surface area contributed by atoms with E-state index in [1.807, 2.05) is 0 Å². The van der Waals surface area contributed by atoms with Crippen LogP contribution in [0.15, 0.2) is 60.5 Å². The van der Waals surface area contributed by atoms with Gasteiger partial charge < -0.3 is 10.6 Å². The van der Waals surface area contributed by atoms with Crippen molar-refractivity contribution in [2.75, 3.05) is 19.6 Å². The summed E-state index contributed by atoms with van der Waals surface area (Å²) in [7, 11) is 0. The van der Waals surface area contributed by atoms with Gasteiger partial charge in [0.2, 0.25) is 11.8 Å². The summed E-state index contributed by atoms with van der Waals surface area (Å²) in [6.45, 7) is 17.4. The number of carbonyl (C=O) groups is 2. The van der Waals surface area contributed by atoms with E-state index in [2.05, 4.69) is 76.7 Å². The van der Waals surface area contributed by atoms with Crippen LogP contribution in [-0.2, 0) is 22.7 Å². The fourth-order valence-electron chi connectivity index (χ4n) is 4.74. The SMILES string of the molecule is C=C(C)C(=O)NCC1=CC=[N+](CCCCCCCCCCCC[n+]2ccc(CNC(=O)C(=C)C)cc2)CC1C. The van der Waals surface area contributed by atoms with Crippen LogP contribution in [0, 0.1) is 5.92 Å². The Morgan fingerprint density at radius 3 is 1.79 bits per heavy atom. The second-order valence-corrected chi connectivity index (χ2v) is 11.2. The van der Waals surface area contributed by atoms with Crippen LogP contribution in [0.3, 0.4) is 0 Å². The Kier molecular flexibility index (Phi) is 15.1. The first kappa shape index (κ1) is 32.2. The number of aryl methyl sites for hydroxylation is 1. The quantitative estimate of drug-likeness (QED) is 0.141. The lowest BCUT2D eigenvalue weighted by Gasteiger charge is -2.18. The van der Waals surface area contributed by atoms with Gasteiger partial charge in [-0.05, 0) is 37.8 Å². The highest BCUT2D eigenvalue weighted by atomic mass is 16.2. The van der Waals surface area contributed by atoms with E-state index in [1.165, 1.54) is 69.8 Å². The maximum atomic E-state index is 11.7. The molecule has 0 saturated heterocycles. The number of hydrogen-bond acceptors (Lipinski definition) is 2. The van der Waals surface area contributed by atoms with Gasteiger partial charge in [0.25, 0.3) is 0 Å². The standard InChI is InChI=1S/C33H50N4O2/c1-27(2)32(38)34-24-30-16-21-36(22-17-30)19-14-12-10-8-6-7-9-11-13-15-20-37-23-18-31(29(5)26-37)25-35-33(39)28(3)4/h16-18,21-23,29H,1,3,6-15,19-20,24-26H2,2,4-5H3/p+2. The van der Waals surface area contributed by atoms with Crippen LogP contribution in [0.2, 0.25) is 0 Å². The van der Waals surface area contributed by atoms with Gasteiger partial charge in [-0.25, -0.2) is 9.14 Å². The third kappa shape index (κ3) is 13.6. The molecule has 1 atom stereocenters. The average Bonchev–Trinajstić information content (AvgIpc) is 2.92. The first-order valence-corrected chi connectivity index (χ1v) is 14.9. The molecule has 0 aromatic carbocycles. The smallest absolute Gasteiger partial charge is 0.246 e. The summed E-state index contributed by atoms with van der Waals surface area (Å²) in [6, 6.07) is 4.15. The number of aromatic nitrogens is 1. The second kappa shape index (κ2) is 18.3. The molecular weight excluding hydrogens is 484 g/mol. The van der Waals surface area contributed by atoms with Crippen LogP contribution in [0.5, 0.6) is 0 Å². The van der Waals surface area contributed by atoms with E-state index in [-0.39, 0.29) is 11.8 Å². The Morgan fingerprint density at radius 1 is 0.795 bits per heavy atom. The maximum Gasteiger partial charge on any atom is 0.246 e. The summed E-state index contributed by atoms with van der Waals surface area (Å²) >= 11 is 0. The molecule has 0 bridgehead atoms. The molecule has 0 radical (unpaired) electrons. The van der Waals surface area contributed by atoms with Crippen LogP contribution in [0.1, 0.15) is 90.5 Å². The molecule has 1 aromatic heterocycles. The van der Waals surface area contributed by atoms with Crippen molar-refractivity contribution in [3.05, 3.63) is 66.0 Å². The minimum atomic E-state index is -0.0923. The number of unbranched alkanes of at least 4 members (excludes halogenated alkanes) is 9. The van der Waals surface area contributed by atoms with Crippen molar-refractivity contribution < 1.29 is 18.7 Å². The van der Waals surface area contributed by atoms with Crippen molar-refractivity contribution in [2.24, 2.45) is 5.92 Å². The molecule has 2 rings (SSSR count). The van der Waals surface area contributed by atoms with Crippen molar-refractivity contribution in [2.45, 2.75) is 98.1 Å². The Morgan fingerprint density at radius 2 is 1.28 bits per heavy atom. The molecule has 0 saturated carbocycles. The van der Waals surface area contributed by atoms with Crippen molar-refractivity contribution in [3.63, 3.8) is 0 Å². The molecule has 1 aliphatic heterocycles. The van der Waals surface area contributed by atoms with E-state index in [9.17, 15) is 9.59 Å². The Hall–Kier alpha value is -3.02. The lowest BCUT2D eigenvalue weighted by molar-refractivity contribution is -0.697. The molecule has 214 valence electrons. The molecule has 2 N–H and O–H groups in total. The molecular formula is C33H52N4O2+2. The number of amides is 2. The van der Waals surface area contributed by atoms with E-state index in [0.29, 0.717) is 30.2 Å². The molecule has 0 spiro atoms. The topological polar surface area (TPSA) is 65.1 Å². The van der Waals surface area contributed by atoms with E-state index >= 15 is 0 Å². The Balaban J connectivity index is 1.43. The third-order valence-electron chi connectivity index (χ3n) is 7.39. The van der Waals surface area contributed by atoms with Crippen molar-refractivity contribution in [1.29, 1.82) is 0 Å². The van der Waals surface area contributed by atoms with Crippen molar-refractivity contribution >= 4 is 18.0 Å². The first-order valence-electron chi connectivity index (χ1n) is 14.9. The number of allylic oxidation sites excluding steroid dienone is 1. The highest BCUT2D eigenvalue weighted by Gasteiger charge is 2.20. The molecule has 6 heteroatoms. The summed E-state index contributed by atoms with van der Waals surface area (Å²) in [4.78, 5) is 23.3. The molecule has 2 heterocycles. The number of nitrogens with zero attached hydrogens (tertiary/aromatic N) is 2. The van der Waals surface area contributed by atoms with Gasteiger partial charge in [0.05, 0.1) is 0 Å². The predicted molar refractivity (Wildman–Crippen MR) is 161 cm³/mol. The van der Waals surface area contributed by atoms with Crippen LogP contribution in [-0.4, -0.2) is 42.2 Å². The van der Waals surface area contributed by atoms with E-state index in [0.717, 1.165) is 25.2 Å². The third-order valence-corrected chi connectivity index (χ3v) is 7.39. The molecule has 2 amide bonds. The van der Waals surface area contributed by atoms with Gasteiger partial charge in [-0.15, -0.1) is 0 Å². The van der Waals surface area contributed by atoms with Gasteiger partial charge in [0.15, 0.2) is 18.6 Å². The predicted octanol–water partition coefficient (Wildman–Crippen LogP) is 5.42. The van der Waals surface area contributed by atoms with Crippen molar-refractivity contribution in [1.82, 2.24) is 10.6 Å². The fraction of sp³-hybridized carbons (Fsp3) is 0.576. The molecule has 0 fully saturated rings. The number of carbonyl (C=O) groups excluding carboxylic acids is 2. The molecule has 39 heavy (non-hydrogen) atoms. The lowest BCUT2D eigenvalue weighted by atomic mass is 9.98. The average molecular weight is 537 g/mol. The number of rotatable bonds is 19. The maximum absolute atomic E-state index is 11.7. The van der Waals surface area contributed by atoms with Crippen LogP contribution >= 0.6 is 0 Å². The summed E-state index contributed by atoms with van der Waals surface area (Å²) in [5, 5.41) is 5.82. The van der Waals surface area contributed by atoms with Gasteiger partial charge in [-0.2, -0.15) is 0 Å². The minimum Gasteiger partial charge on any atom is -0.349 e. The van der Waals surface area contributed by atoms with Gasteiger partial charge >= 0.3 is 0 Å². The number of nitrogens with one attached hydrogen (secondary N) is 2. The summed E-state index contributed by atoms with van der Waals surface area (Å²) in [5.41, 5.74) is 3.49. The fourth-order valence-corrected chi connectivity index (χ4v) is 4.74. The highest BCUT2D eigenvalue weighted by Crippen LogP contribution is 2.15. The normalized spacial score (nSPS) is 14.8. The van der Waals surface area contributed by atoms with Crippen LogP contribution in [0.25, 0.3) is 0 Å². The molecule has 1 aromatic rings. The molecule has 1 unspecified atom stereocenters. The van der Waals surface area contributed by atoms with Gasteiger partial charge in [0.1, 0.15) is 19.6 Å². The minimum absolute atomic E-state index is 0.0629. The zero-order valence-electron chi connectivity index (χ0n) is 24.8. The van der Waals surface area contributed by atoms with Gasteiger partial charge in [-0.1, -0.05) is 58.6 Å². The largest absolute Gasteiger partial charge is 0.349 e. The molecule has 1 aliphatic rings. The molecule has 6 nitrogen and oxygen atoms in total. The Labute approximate surface area is 237 Å². The number of pyridine rings is 1. The van der Waals surface area contributed by atoms with Gasteiger partial charge in [-0.3, -0.25) is 9.59 Å². The van der Waals surface area contributed by atoms with E-state index in [1.54, 1.807) is 13.8 Å². The number of hydrogen-bond donors (Lipinski definition) is 2. The monoisotopic (exact) mass is 536 g/mol.